The molecule has 0 aromatic rings. The molecule has 11 heavy (non-hydrogen) atoms. The van der Waals surface area contributed by atoms with E-state index in [0.29, 0.717) is 0 Å². The molecule has 0 saturated carbocycles. The van der Waals surface area contributed by atoms with Crippen molar-refractivity contribution in [2.75, 3.05) is 0 Å². The lowest BCUT2D eigenvalue weighted by Gasteiger charge is -1.62. The fourth-order valence-electron chi connectivity index (χ4n) is 0. The summed E-state index contributed by atoms with van der Waals surface area (Å²) in [6.07, 6.45) is -0.167. The Hall–Kier alpha value is -1.92. The third kappa shape index (κ3) is 46700. The molecular weight excluding hydrogens is 156 g/mol. The van der Waals surface area contributed by atoms with Crippen LogP contribution >= 0.6 is 0 Å². The summed E-state index contributed by atoms with van der Waals surface area (Å²) in [5, 5.41) is 7.35. The molecule has 0 heterocycles. The van der Waals surface area contributed by atoms with Crippen molar-refractivity contribution < 1.29 is 24.3 Å². The number of carboxylic acid groups (broad SMARTS) is 1. The second-order valence-corrected chi connectivity index (χ2v) is 0.858. The molecule has 0 rings (SSSR count). The smallest absolute Gasteiger partial charge is 0.368 e. The van der Waals surface area contributed by atoms with Crippen molar-refractivity contribution in [1.29, 1.82) is 0 Å². The van der Waals surface area contributed by atoms with Crippen molar-refractivity contribution in [3.63, 3.8) is 0 Å². The Morgan fingerprint density at radius 3 is 1.36 bits per heavy atom. The largest absolute Gasteiger partial charge is 0.476 e. The van der Waals surface area contributed by atoms with E-state index >= 15 is 0 Å². The predicted molar refractivity (Wildman–Crippen MR) is 34.6 cm³/mol. The maximum absolute atomic E-state index is 9.00. The quantitative estimate of drug-likeness (QED) is 0.307. The van der Waals surface area contributed by atoms with E-state index in [9.17, 15) is 0 Å². The van der Waals surface area contributed by atoms with Gasteiger partial charge >= 0.3 is 12.0 Å². The number of aliphatic carboxylic acids is 1. The van der Waals surface area contributed by atoms with E-state index in [1.807, 2.05) is 6.79 Å². The number of carbonyl (C=O) groups excluding carboxylic acids is 3. The molecule has 0 aliphatic carbocycles. The van der Waals surface area contributed by atoms with Gasteiger partial charge in [-0.3, -0.25) is 4.79 Å². The molecule has 5 N–H and O–H groups in total. The summed E-state index contributed by atoms with van der Waals surface area (Å²) < 4.78 is 0. The number of hydrogen-bond acceptors (Lipinski definition) is 4. The molecule has 0 atom stereocenters. The molecule has 0 aliphatic heterocycles. The molecular formula is C4H8N2O5. The minimum atomic E-state index is -1.43. The zero-order valence-electron chi connectivity index (χ0n) is 5.52. The van der Waals surface area contributed by atoms with Gasteiger partial charge in [0.15, 0.2) is 0 Å². The second-order valence-electron chi connectivity index (χ2n) is 0.858. The van der Waals surface area contributed by atoms with Crippen LogP contribution in [0.25, 0.3) is 0 Å². The summed E-state index contributed by atoms with van der Waals surface area (Å²) in [6, 6.07) is -0.833. The van der Waals surface area contributed by atoms with Crippen molar-refractivity contribution in [1.82, 2.24) is 0 Å². The monoisotopic (exact) mass is 164 g/mol. The minimum absolute atomic E-state index is 0.167. The number of rotatable bonds is 1. The van der Waals surface area contributed by atoms with Crippen LogP contribution in [0.15, 0.2) is 0 Å². The number of carbonyl (C=O) groups is 4. The first-order valence-corrected chi connectivity index (χ1v) is 2.02. The summed E-state index contributed by atoms with van der Waals surface area (Å²) >= 11 is 0. The van der Waals surface area contributed by atoms with Crippen LogP contribution in [-0.2, 0) is 14.4 Å². The number of amides is 2. The Kier molecular flexibility index (Phi) is 22.9. The highest BCUT2D eigenvalue weighted by Gasteiger charge is 1.80. The van der Waals surface area contributed by atoms with E-state index in [2.05, 4.69) is 11.5 Å². The molecule has 64 valence electrons. The Balaban J connectivity index is -0.0000000965. The van der Waals surface area contributed by atoms with Crippen LogP contribution in [0.3, 0.4) is 0 Å². The average molecular weight is 164 g/mol. The number of hydrogen-bond donors (Lipinski definition) is 3. The van der Waals surface area contributed by atoms with Gasteiger partial charge in [-0.2, -0.15) is 0 Å². The summed E-state index contributed by atoms with van der Waals surface area (Å²) in [5.41, 5.74) is 8.50. The number of primary amides is 2. The molecule has 0 bridgehead atoms. The van der Waals surface area contributed by atoms with Gasteiger partial charge in [0, 0.05) is 0 Å². The van der Waals surface area contributed by atoms with Gasteiger partial charge in [0.05, 0.1) is 0 Å². The van der Waals surface area contributed by atoms with E-state index in [4.69, 9.17) is 24.3 Å². The van der Waals surface area contributed by atoms with E-state index in [-0.39, 0.29) is 6.29 Å². The summed E-state index contributed by atoms with van der Waals surface area (Å²) in [5.74, 6) is -1.43. The van der Waals surface area contributed by atoms with Gasteiger partial charge in [0.1, 0.15) is 6.79 Å². The topological polar surface area (TPSA) is 141 Å². The lowest BCUT2D eigenvalue weighted by molar-refractivity contribution is -0.143. The third-order valence-corrected chi connectivity index (χ3v) is 0.101. The summed E-state index contributed by atoms with van der Waals surface area (Å²) in [7, 11) is 0. The molecule has 0 aliphatic rings. The van der Waals surface area contributed by atoms with E-state index in [1.54, 1.807) is 0 Å². The van der Waals surface area contributed by atoms with Gasteiger partial charge in [-0.1, -0.05) is 0 Å². The Labute approximate surface area is 62.0 Å². The fourth-order valence-corrected chi connectivity index (χ4v) is 0. The van der Waals surface area contributed by atoms with Crippen LogP contribution in [-0.4, -0.2) is 30.2 Å². The van der Waals surface area contributed by atoms with Crippen LogP contribution in [0.4, 0.5) is 4.79 Å². The van der Waals surface area contributed by atoms with Crippen LogP contribution in [0.5, 0.6) is 0 Å². The molecule has 0 fully saturated rings. The molecule has 7 nitrogen and oxygen atoms in total. The summed E-state index contributed by atoms with van der Waals surface area (Å²) in [6.45, 7) is 2.00. The van der Waals surface area contributed by atoms with Crippen LogP contribution in [0.2, 0.25) is 0 Å². The zero-order valence-corrected chi connectivity index (χ0v) is 5.52. The van der Waals surface area contributed by atoms with Gasteiger partial charge in [-0.15, -0.1) is 0 Å². The fraction of sp³-hybridized carbons (Fsp3) is 0. The Morgan fingerprint density at radius 2 is 1.36 bits per heavy atom. The first-order valence-electron chi connectivity index (χ1n) is 2.02. The Morgan fingerprint density at radius 1 is 1.27 bits per heavy atom. The number of urea groups is 1. The second kappa shape index (κ2) is 15.7. The summed E-state index contributed by atoms with van der Waals surface area (Å²) in [4.78, 5) is 34.9. The molecule has 0 aromatic carbocycles. The highest BCUT2D eigenvalue weighted by atomic mass is 16.4. The highest BCUT2D eigenvalue weighted by Crippen LogP contribution is 1.39. The van der Waals surface area contributed by atoms with Crippen molar-refractivity contribution >= 4 is 25.1 Å². The zero-order chi connectivity index (χ0) is 9.86. The average Bonchev–Trinajstić information content (AvgIpc) is 1.91. The molecule has 0 aromatic heterocycles. The van der Waals surface area contributed by atoms with Crippen LogP contribution < -0.4 is 11.5 Å². The number of carboxylic acids is 1. The third-order valence-electron chi connectivity index (χ3n) is 0.101. The SMILES string of the molecule is C=O.NC(N)=O.O=CC(=O)O. The molecule has 0 unspecified atom stereocenters. The first kappa shape index (κ1) is 16.0. The molecule has 7 heteroatoms. The standard InChI is InChI=1S/C2H2O3.CH4N2O.CH2O/c3-1-2(4)5;2-1(3)4;1-2/h1H,(H,4,5);(H4,2,3,4);1H2. The maximum atomic E-state index is 9.00. The van der Waals surface area contributed by atoms with Gasteiger partial charge in [-0.25, -0.2) is 9.59 Å². The number of aldehydes is 1. The van der Waals surface area contributed by atoms with Crippen molar-refractivity contribution in [2.24, 2.45) is 11.5 Å². The van der Waals surface area contributed by atoms with Gasteiger partial charge in [-0.05, 0) is 0 Å². The molecule has 0 radical (unpaired) electrons. The van der Waals surface area contributed by atoms with Crippen molar-refractivity contribution in [3.8, 4) is 0 Å². The van der Waals surface area contributed by atoms with Crippen LogP contribution in [0, 0.1) is 0 Å². The van der Waals surface area contributed by atoms with Gasteiger partial charge in [0.25, 0.3) is 0 Å². The Bertz CT molecular complexity index is 130. The van der Waals surface area contributed by atoms with Crippen molar-refractivity contribution in [2.45, 2.75) is 0 Å². The van der Waals surface area contributed by atoms with Crippen LogP contribution in [0.1, 0.15) is 0 Å². The number of nitrogens with two attached hydrogens (primary N) is 2. The van der Waals surface area contributed by atoms with Gasteiger partial charge < -0.3 is 21.4 Å². The highest BCUT2D eigenvalue weighted by molar-refractivity contribution is 6.19. The first-order chi connectivity index (χ1) is 5.00. The van der Waals surface area contributed by atoms with E-state index < -0.39 is 12.0 Å². The maximum Gasteiger partial charge on any atom is 0.368 e. The van der Waals surface area contributed by atoms with E-state index in [1.165, 1.54) is 0 Å². The molecule has 2 amide bonds. The van der Waals surface area contributed by atoms with Gasteiger partial charge in [0.2, 0.25) is 6.29 Å². The minimum Gasteiger partial charge on any atom is -0.476 e. The predicted octanol–water partition coefficient (Wildman–Crippen LogP) is -1.89. The van der Waals surface area contributed by atoms with E-state index in [0.717, 1.165) is 0 Å². The lowest BCUT2D eigenvalue weighted by Crippen LogP contribution is -2.18. The normalized spacial score (nSPS) is 5.45. The lowest BCUT2D eigenvalue weighted by atomic mass is 10.8. The molecule has 0 spiro atoms. The molecule has 0 saturated heterocycles. The van der Waals surface area contributed by atoms with Crippen molar-refractivity contribution in [3.05, 3.63) is 0 Å².